The highest BCUT2D eigenvalue weighted by Gasteiger charge is 2.13. The molecule has 0 radical (unpaired) electrons. The van der Waals surface area contributed by atoms with Crippen molar-refractivity contribution in [3.05, 3.63) is 76.1 Å². The SMILES string of the molecule is Cc1cc(C)n(-c2ccc(C(=O)OCC(=O)NCC(=O)Nc3cccc(Cl)c3C)cc2)n1. The molecule has 2 amide bonds. The largest absolute Gasteiger partial charge is 0.452 e. The number of hydrogen-bond donors (Lipinski definition) is 2. The molecule has 0 aliphatic rings. The van der Waals surface area contributed by atoms with Gasteiger partial charge in [-0.3, -0.25) is 9.59 Å². The lowest BCUT2D eigenvalue weighted by Gasteiger charge is -2.10. The number of aromatic nitrogens is 2. The van der Waals surface area contributed by atoms with Gasteiger partial charge in [0.1, 0.15) is 0 Å². The van der Waals surface area contributed by atoms with Crippen molar-refractivity contribution in [2.24, 2.45) is 0 Å². The Morgan fingerprint density at radius 3 is 2.41 bits per heavy atom. The molecular weight excluding hydrogens is 432 g/mol. The zero-order valence-corrected chi connectivity index (χ0v) is 18.7. The first-order valence-corrected chi connectivity index (χ1v) is 10.2. The van der Waals surface area contributed by atoms with Crippen molar-refractivity contribution >= 4 is 35.1 Å². The van der Waals surface area contributed by atoms with E-state index in [0.717, 1.165) is 22.6 Å². The van der Waals surface area contributed by atoms with E-state index in [4.69, 9.17) is 16.3 Å². The second-order valence-electron chi connectivity index (χ2n) is 7.20. The third kappa shape index (κ3) is 5.73. The number of nitrogens with zero attached hydrogens (tertiary/aromatic N) is 2. The average molecular weight is 455 g/mol. The minimum atomic E-state index is -0.640. The molecule has 0 aliphatic heterocycles. The van der Waals surface area contributed by atoms with Gasteiger partial charge in [-0.15, -0.1) is 0 Å². The number of hydrogen-bond acceptors (Lipinski definition) is 5. The molecule has 166 valence electrons. The van der Waals surface area contributed by atoms with E-state index in [1.54, 1.807) is 54.1 Å². The number of carbonyl (C=O) groups is 3. The summed E-state index contributed by atoms with van der Waals surface area (Å²) in [6, 6.07) is 13.8. The Bertz CT molecular complexity index is 1160. The fraction of sp³-hybridized carbons (Fsp3) is 0.217. The van der Waals surface area contributed by atoms with Crippen LogP contribution in [0.2, 0.25) is 5.02 Å². The molecule has 0 spiro atoms. The van der Waals surface area contributed by atoms with Gasteiger partial charge in [0.25, 0.3) is 5.91 Å². The number of benzene rings is 2. The minimum absolute atomic E-state index is 0.264. The molecule has 1 aromatic heterocycles. The van der Waals surface area contributed by atoms with E-state index in [1.807, 2.05) is 19.9 Å². The number of anilines is 1. The molecule has 2 N–H and O–H groups in total. The highest BCUT2D eigenvalue weighted by Crippen LogP contribution is 2.22. The molecular formula is C23H23ClN4O4. The van der Waals surface area contributed by atoms with Crippen LogP contribution in [0.5, 0.6) is 0 Å². The van der Waals surface area contributed by atoms with E-state index >= 15 is 0 Å². The van der Waals surface area contributed by atoms with E-state index < -0.39 is 24.4 Å². The molecule has 0 aliphatic carbocycles. The molecule has 0 bridgehead atoms. The van der Waals surface area contributed by atoms with Gasteiger partial charge in [-0.2, -0.15) is 5.10 Å². The third-order valence-corrected chi connectivity index (χ3v) is 5.09. The van der Waals surface area contributed by atoms with Gasteiger partial charge < -0.3 is 15.4 Å². The highest BCUT2D eigenvalue weighted by molar-refractivity contribution is 6.31. The number of esters is 1. The number of ether oxygens (including phenoxy) is 1. The minimum Gasteiger partial charge on any atom is -0.452 e. The fourth-order valence-electron chi connectivity index (χ4n) is 3.01. The van der Waals surface area contributed by atoms with Crippen LogP contribution in [0, 0.1) is 20.8 Å². The quantitative estimate of drug-likeness (QED) is 0.533. The molecule has 32 heavy (non-hydrogen) atoms. The van der Waals surface area contributed by atoms with Crippen molar-refractivity contribution in [2.75, 3.05) is 18.5 Å². The Hall–Kier alpha value is -3.65. The molecule has 9 heteroatoms. The standard InChI is InChI=1S/C23H23ClN4O4/c1-14-11-15(2)28(27-14)18-9-7-17(8-10-18)23(31)32-13-22(30)25-12-21(29)26-20-6-4-5-19(24)16(20)3/h4-11H,12-13H2,1-3H3,(H,25,30)(H,26,29). The summed E-state index contributed by atoms with van der Waals surface area (Å²) in [6.07, 6.45) is 0. The van der Waals surface area contributed by atoms with Crippen molar-refractivity contribution in [3.8, 4) is 5.69 Å². The summed E-state index contributed by atoms with van der Waals surface area (Å²) in [7, 11) is 0. The molecule has 3 aromatic rings. The number of amides is 2. The second-order valence-corrected chi connectivity index (χ2v) is 7.61. The predicted octanol–water partition coefficient (Wildman–Crippen LogP) is 3.36. The topological polar surface area (TPSA) is 102 Å². The monoisotopic (exact) mass is 454 g/mol. The van der Waals surface area contributed by atoms with Crippen LogP contribution in [0.15, 0.2) is 48.5 Å². The number of rotatable bonds is 7. The number of halogens is 1. The van der Waals surface area contributed by atoms with Gasteiger partial charge in [-0.25, -0.2) is 9.48 Å². The zero-order valence-electron chi connectivity index (χ0n) is 17.9. The maximum Gasteiger partial charge on any atom is 0.338 e. The summed E-state index contributed by atoms with van der Waals surface area (Å²) >= 11 is 6.02. The average Bonchev–Trinajstić information content (AvgIpc) is 3.11. The van der Waals surface area contributed by atoms with Gasteiger partial charge in [0, 0.05) is 16.4 Å². The van der Waals surface area contributed by atoms with Gasteiger partial charge in [0.15, 0.2) is 6.61 Å². The van der Waals surface area contributed by atoms with Crippen LogP contribution in [0.25, 0.3) is 5.69 Å². The number of aryl methyl sites for hydroxylation is 2. The molecule has 0 unspecified atom stereocenters. The maximum atomic E-state index is 12.2. The van der Waals surface area contributed by atoms with Gasteiger partial charge in [-0.05, 0) is 68.8 Å². The molecule has 3 rings (SSSR count). The molecule has 0 saturated heterocycles. The summed E-state index contributed by atoms with van der Waals surface area (Å²) in [6.45, 7) is 4.86. The van der Waals surface area contributed by atoms with E-state index in [0.29, 0.717) is 16.3 Å². The van der Waals surface area contributed by atoms with Crippen LogP contribution >= 0.6 is 11.6 Å². The summed E-state index contributed by atoms with van der Waals surface area (Å²) in [5, 5.41) is 10.0. The maximum absolute atomic E-state index is 12.2. The van der Waals surface area contributed by atoms with Crippen LogP contribution in [0.4, 0.5) is 5.69 Å². The Morgan fingerprint density at radius 2 is 1.75 bits per heavy atom. The zero-order chi connectivity index (χ0) is 23.3. The van der Waals surface area contributed by atoms with Crippen LogP contribution in [0.3, 0.4) is 0 Å². The van der Waals surface area contributed by atoms with E-state index in [-0.39, 0.29) is 6.54 Å². The molecule has 2 aromatic carbocycles. The molecule has 8 nitrogen and oxygen atoms in total. The Morgan fingerprint density at radius 1 is 1.03 bits per heavy atom. The molecule has 0 atom stereocenters. The van der Waals surface area contributed by atoms with E-state index in [1.165, 1.54) is 0 Å². The second kappa shape index (κ2) is 10.1. The van der Waals surface area contributed by atoms with Crippen LogP contribution in [0.1, 0.15) is 27.3 Å². The lowest BCUT2D eigenvalue weighted by atomic mass is 10.2. The number of nitrogens with one attached hydrogen (secondary N) is 2. The summed E-state index contributed by atoms with van der Waals surface area (Å²) < 4.78 is 6.80. The predicted molar refractivity (Wildman–Crippen MR) is 121 cm³/mol. The van der Waals surface area contributed by atoms with Crippen LogP contribution in [-0.4, -0.2) is 40.7 Å². The number of carbonyl (C=O) groups excluding carboxylic acids is 3. The summed E-state index contributed by atoms with van der Waals surface area (Å²) in [5.74, 6) is -1.65. The van der Waals surface area contributed by atoms with Crippen molar-refractivity contribution in [3.63, 3.8) is 0 Å². The van der Waals surface area contributed by atoms with Crippen molar-refractivity contribution in [1.82, 2.24) is 15.1 Å². The first-order valence-electron chi connectivity index (χ1n) is 9.87. The van der Waals surface area contributed by atoms with Crippen molar-refractivity contribution < 1.29 is 19.1 Å². The van der Waals surface area contributed by atoms with E-state index in [9.17, 15) is 14.4 Å². The first-order chi connectivity index (χ1) is 15.2. The van der Waals surface area contributed by atoms with Crippen LogP contribution < -0.4 is 10.6 Å². The van der Waals surface area contributed by atoms with Crippen molar-refractivity contribution in [2.45, 2.75) is 20.8 Å². The Labute approximate surface area is 190 Å². The van der Waals surface area contributed by atoms with Crippen LogP contribution in [-0.2, 0) is 14.3 Å². The molecule has 0 saturated carbocycles. The summed E-state index contributed by atoms with van der Waals surface area (Å²) in [4.78, 5) is 36.2. The Balaban J connectivity index is 1.46. The third-order valence-electron chi connectivity index (χ3n) is 4.68. The van der Waals surface area contributed by atoms with E-state index in [2.05, 4.69) is 15.7 Å². The highest BCUT2D eigenvalue weighted by atomic mass is 35.5. The Kier molecular flexibility index (Phi) is 7.27. The first kappa shape index (κ1) is 23.0. The van der Waals surface area contributed by atoms with Gasteiger partial charge in [0.05, 0.1) is 23.5 Å². The lowest BCUT2D eigenvalue weighted by molar-refractivity contribution is -0.126. The van der Waals surface area contributed by atoms with Gasteiger partial charge in [-0.1, -0.05) is 17.7 Å². The molecule has 1 heterocycles. The van der Waals surface area contributed by atoms with Gasteiger partial charge in [0.2, 0.25) is 5.91 Å². The lowest BCUT2D eigenvalue weighted by Crippen LogP contribution is -2.35. The normalized spacial score (nSPS) is 10.5. The smallest absolute Gasteiger partial charge is 0.338 e. The fourth-order valence-corrected chi connectivity index (χ4v) is 3.19. The summed E-state index contributed by atoms with van der Waals surface area (Å²) in [5.41, 5.74) is 4.28. The van der Waals surface area contributed by atoms with Crippen molar-refractivity contribution in [1.29, 1.82) is 0 Å². The van der Waals surface area contributed by atoms with Gasteiger partial charge >= 0.3 is 5.97 Å². The molecule has 0 fully saturated rings.